The van der Waals surface area contributed by atoms with E-state index in [1.165, 1.54) is 0 Å². The van der Waals surface area contributed by atoms with Crippen LogP contribution in [0.15, 0.2) is 102 Å². The van der Waals surface area contributed by atoms with E-state index in [1.807, 2.05) is 66.7 Å². The molecule has 0 N–H and O–H groups in total. The first-order chi connectivity index (χ1) is 13.3. The maximum Gasteiger partial charge on any atom is 0.168 e. The van der Waals surface area contributed by atoms with Gasteiger partial charge >= 0.3 is 0 Å². The summed E-state index contributed by atoms with van der Waals surface area (Å²) in [5.74, 6) is 0.760. The predicted octanol–water partition coefficient (Wildman–Crippen LogP) is 5.37. The standard InChI is InChI=1S/C24H21NO2/c1-26-22-21(18-12-6-3-7-13-18)24(27-2,19-14-8-4-9-15-19)23(22)25-20-16-10-5-11-17-20/h3-17H,1-2H3. The van der Waals surface area contributed by atoms with Crippen molar-refractivity contribution < 1.29 is 9.47 Å². The number of benzene rings is 3. The zero-order valence-corrected chi connectivity index (χ0v) is 15.4. The number of nitrogens with zero attached hydrogens (tertiary/aromatic N) is 1. The molecule has 0 fully saturated rings. The van der Waals surface area contributed by atoms with Crippen molar-refractivity contribution in [1.29, 1.82) is 0 Å². The third-order valence-corrected chi connectivity index (χ3v) is 4.88. The van der Waals surface area contributed by atoms with Crippen molar-refractivity contribution >= 4 is 17.0 Å². The van der Waals surface area contributed by atoms with Gasteiger partial charge in [-0.2, -0.15) is 0 Å². The molecule has 3 nitrogen and oxygen atoms in total. The SMILES string of the molecule is COC1=C(c2ccccc2)C(OC)(c2ccccc2)C1=Nc1ccccc1. The minimum absolute atomic E-state index is 0.760. The largest absolute Gasteiger partial charge is 0.494 e. The molecule has 3 aromatic rings. The van der Waals surface area contributed by atoms with Crippen LogP contribution in [0.2, 0.25) is 0 Å². The van der Waals surface area contributed by atoms with Gasteiger partial charge in [0.25, 0.3) is 0 Å². The summed E-state index contributed by atoms with van der Waals surface area (Å²) < 4.78 is 12.0. The van der Waals surface area contributed by atoms with Gasteiger partial charge < -0.3 is 9.47 Å². The molecule has 1 aliphatic carbocycles. The summed E-state index contributed by atoms with van der Waals surface area (Å²) in [5.41, 5.74) is 3.96. The van der Waals surface area contributed by atoms with Gasteiger partial charge in [0.05, 0.1) is 12.8 Å². The molecule has 1 unspecified atom stereocenters. The highest BCUT2D eigenvalue weighted by Crippen LogP contribution is 2.53. The first-order valence-electron chi connectivity index (χ1n) is 8.90. The molecule has 0 heterocycles. The highest BCUT2D eigenvalue weighted by atomic mass is 16.5. The fraction of sp³-hybridized carbons (Fsp3) is 0.125. The molecule has 0 spiro atoms. The fourth-order valence-electron chi connectivity index (χ4n) is 3.66. The van der Waals surface area contributed by atoms with E-state index >= 15 is 0 Å². The van der Waals surface area contributed by atoms with E-state index < -0.39 is 5.60 Å². The van der Waals surface area contributed by atoms with Crippen LogP contribution in [0.25, 0.3) is 5.57 Å². The van der Waals surface area contributed by atoms with Crippen LogP contribution in [-0.2, 0) is 15.1 Å². The Balaban J connectivity index is 1.99. The van der Waals surface area contributed by atoms with E-state index in [0.717, 1.165) is 33.9 Å². The highest BCUT2D eigenvalue weighted by molar-refractivity contribution is 6.27. The van der Waals surface area contributed by atoms with Crippen LogP contribution < -0.4 is 0 Å². The maximum absolute atomic E-state index is 6.18. The Hall–Kier alpha value is -3.17. The van der Waals surface area contributed by atoms with Gasteiger partial charge in [-0.25, -0.2) is 4.99 Å². The lowest BCUT2D eigenvalue weighted by Gasteiger charge is -2.45. The highest BCUT2D eigenvalue weighted by Gasteiger charge is 2.55. The zero-order chi connectivity index (χ0) is 18.7. The number of methoxy groups -OCH3 is 2. The third kappa shape index (κ3) is 2.77. The molecule has 0 saturated heterocycles. The lowest BCUT2D eigenvalue weighted by Crippen LogP contribution is -2.49. The minimum Gasteiger partial charge on any atom is -0.494 e. The molecule has 134 valence electrons. The normalized spacial score (nSPS) is 20.4. The number of hydrogen-bond acceptors (Lipinski definition) is 3. The van der Waals surface area contributed by atoms with E-state index in [2.05, 4.69) is 24.3 Å². The van der Waals surface area contributed by atoms with Crippen molar-refractivity contribution in [2.24, 2.45) is 4.99 Å². The molecular formula is C24H21NO2. The zero-order valence-electron chi connectivity index (χ0n) is 15.4. The molecule has 0 saturated carbocycles. The van der Waals surface area contributed by atoms with Gasteiger partial charge in [0, 0.05) is 12.7 Å². The molecule has 0 radical (unpaired) electrons. The Morgan fingerprint density at radius 3 is 1.81 bits per heavy atom. The summed E-state index contributed by atoms with van der Waals surface area (Å²) in [7, 11) is 3.41. The summed E-state index contributed by atoms with van der Waals surface area (Å²) in [5, 5.41) is 0. The number of aliphatic imine (C=N–C) groups is 1. The van der Waals surface area contributed by atoms with Crippen LogP contribution in [-0.4, -0.2) is 19.9 Å². The summed E-state index contributed by atoms with van der Waals surface area (Å²) in [6.45, 7) is 0. The van der Waals surface area contributed by atoms with Gasteiger partial charge in [0.15, 0.2) is 11.4 Å². The van der Waals surface area contributed by atoms with Crippen LogP contribution in [0.1, 0.15) is 11.1 Å². The van der Waals surface area contributed by atoms with Gasteiger partial charge in [-0.1, -0.05) is 78.9 Å². The maximum atomic E-state index is 6.18. The van der Waals surface area contributed by atoms with Crippen molar-refractivity contribution in [3.05, 3.63) is 108 Å². The Morgan fingerprint density at radius 2 is 1.26 bits per heavy atom. The van der Waals surface area contributed by atoms with Crippen LogP contribution >= 0.6 is 0 Å². The van der Waals surface area contributed by atoms with E-state index in [4.69, 9.17) is 14.5 Å². The smallest absolute Gasteiger partial charge is 0.168 e. The number of hydrogen-bond donors (Lipinski definition) is 0. The van der Waals surface area contributed by atoms with Crippen molar-refractivity contribution in [2.75, 3.05) is 14.2 Å². The van der Waals surface area contributed by atoms with Gasteiger partial charge in [-0.05, 0) is 23.3 Å². The lowest BCUT2D eigenvalue weighted by molar-refractivity contribution is 0.0814. The predicted molar refractivity (Wildman–Crippen MR) is 109 cm³/mol. The van der Waals surface area contributed by atoms with Crippen molar-refractivity contribution in [2.45, 2.75) is 5.60 Å². The lowest BCUT2D eigenvalue weighted by atomic mass is 9.68. The Kier molecular flexibility index (Phi) is 4.61. The number of ether oxygens (including phenoxy) is 2. The minimum atomic E-state index is -0.774. The van der Waals surface area contributed by atoms with E-state index in [0.29, 0.717) is 0 Å². The summed E-state index contributed by atoms with van der Waals surface area (Å²) in [6, 6.07) is 30.3. The quantitative estimate of drug-likeness (QED) is 0.616. The van der Waals surface area contributed by atoms with Crippen molar-refractivity contribution in [3.8, 4) is 0 Å². The summed E-state index contributed by atoms with van der Waals surface area (Å²) >= 11 is 0. The second-order valence-electron chi connectivity index (χ2n) is 6.32. The van der Waals surface area contributed by atoms with E-state index in [1.54, 1.807) is 14.2 Å². The van der Waals surface area contributed by atoms with Crippen LogP contribution in [0.5, 0.6) is 0 Å². The first kappa shape index (κ1) is 17.3. The first-order valence-corrected chi connectivity index (χ1v) is 8.90. The average molecular weight is 355 g/mol. The van der Waals surface area contributed by atoms with Crippen LogP contribution in [0.4, 0.5) is 5.69 Å². The molecule has 1 aliphatic rings. The Bertz CT molecular complexity index is 979. The monoisotopic (exact) mass is 355 g/mol. The molecule has 0 bridgehead atoms. The molecule has 4 rings (SSSR count). The van der Waals surface area contributed by atoms with Crippen LogP contribution in [0.3, 0.4) is 0 Å². The molecule has 0 aliphatic heterocycles. The third-order valence-electron chi connectivity index (χ3n) is 4.88. The van der Waals surface area contributed by atoms with Crippen molar-refractivity contribution in [1.82, 2.24) is 0 Å². The Labute approximate surface area is 159 Å². The second kappa shape index (κ2) is 7.22. The molecular weight excluding hydrogens is 334 g/mol. The van der Waals surface area contributed by atoms with Gasteiger partial charge in [0.1, 0.15) is 5.71 Å². The molecule has 1 atom stereocenters. The van der Waals surface area contributed by atoms with Crippen molar-refractivity contribution in [3.63, 3.8) is 0 Å². The topological polar surface area (TPSA) is 30.8 Å². The Morgan fingerprint density at radius 1 is 0.704 bits per heavy atom. The van der Waals surface area contributed by atoms with E-state index in [9.17, 15) is 0 Å². The van der Waals surface area contributed by atoms with Gasteiger partial charge in [-0.3, -0.25) is 0 Å². The fourth-order valence-corrected chi connectivity index (χ4v) is 3.66. The molecule has 0 amide bonds. The second-order valence-corrected chi connectivity index (χ2v) is 6.32. The molecule has 0 aromatic heterocycles. The summed E-state index contributed by atoms with van der Waals surface area (Å²) in [4.78, 5) is 4.90. The molecule has 3 heteroatoms. The van der Waals surface area contributed by atoms with Crippen LogP contribution in [0, 0.1) is 0 Å². The van der Waals surface area contributed by atoms with Gasteiger partial charge in [0.2, 0.25) is 0 Å². The van der Waals surface area contributed by atoms with E-state index in [-0.39, 0.29) is 0 Å². The van der Waals surface area contributed by atoms with Gasteiger partial charge in [-0.15, -0.1) is 0 Å². The average Bonchev–Trinajstić information content (AvgIpc) is 2.74. The summed E-state index contributed by atoms with van der Waals surface area (Å²) in [6.07, 6.45) is 0. The number of rotatable bonds is 5. The molecule has 27 heavy (non-hydrogen) atoms. The number of para-hydroxylation sites is 1. The molecule has 3 aromatic carbocycles.